The summed E-state index contributed by atoms with van der Waals surface area (Å²) in [4.78, 5) is 31.2. The second kappa shape index (κ2) is 16.4. The molecular formula is C50H71NO5. The number of hydrogen-bond donors (Lipinski definition) is 2. The second-order valence-electron chi connectivity index (χ2n) is 20.5. The molecule has 4 bridgehead atoms. The van der Waals surface area contributed by atoms with Crippen molar-refractivity contribution in [2.75, 3.05) is 13.1 Å². The quantitative estimate of drug-likeness (QED) is 0.206. The highest BCUT2D eigenvalue weighted by molar-refractivity contribution is 6.10. The number of allylic oxidation sites excluding steroid dienone is 2. The molecule has 6 heteroatoms. The van der Waals surface area contributed by atoms with Crippen LogP contribution >= 0.6 is 0 Å². The van der Waals surface area contributed by atoms with Crippen molar-refractivity contribution in [1.29, 1.82) is 0 Å². The van der Waals surface area contributed by atoms with Crippen LogP contribution in [0.2, 0.25) is 0 Å². The zero-order valence-electron chi connectivity index (χ0n) is 35.6. The Labute approximate surface area is 337 Å². The van der Waals surface area contributed by atoms with Crippen molar-refractivity contribution in [2.45, 2.75) is 156 Å². The molecule has 56 heavy (non-hydrogen) atoms. The summed E-state index contributed by atoms with van der Waals surface area (Å²) in [7, 11) is 0. The number of benzene rings is 2. The minimum atomic E-state index is -1.19. The number of nitrogens with zero attached hydrogens (tertiary/aromatic N) is 1. The molecule has 2 N–H and O–H groups in total. The summed E-state index contributed by atoms with van der Waals surface area (Å²) in [5.41, 5.74) is 2.92. The van der Waals surface area contributed by atoms with Gasteiger partial charge in [-0.25, -0.2) is 4.79 Å². The van der Waals surface area contributed by atoms with Gasteiger partial charge in [-0.15, -0.1) is 0 Å². The Hall–Kier alpha value is -2.96. The Bertz CT molecular complexity index is 1750. The molecule has 0 saturated heterocycles. The van der Waals surface area contributed by atoms with Gasteiger partial charge in [-0.3, -0.25) is 4.79 Å². The van der Waals surface area contributed by atoms with Crippen molar-refractivity contribution in [3.8, 4) is 0 Å². The molecular weight excluding hydrogens is 695 g/mol. The first kappa shape index (κ1) is 41.2. The Morgan fingerprint density at radius 3 is 2.43 bits per heavy atom. The summed E-state index contributed by atoms with van der Waals surface area (Å²) >= 11 is 0. The Kier molecular flexibility index (Phi) is 12.0. The zero-order chi connectivity index (χ0) is 40.0. The summed E-state index contributed by atoms with van der Waals surface area (Å²) in [6.07, 6.45) is 12.8. The number of aliphatic hydroxyl groups excluding tert-OH is 1. The summed E-state index contributed by atoms with van der Waals surface area (Å²) < 4.78 is 6.64. The normalized spacial score (nSPS) is 35.5. The third-order valence-corrected chi connectivity index (χ3v) is 16.3. The zero-order valence-corrected chi connectivity index (χ0v) is 35.6. The molecule has 2 aromatic carbocycles. The van der Waals surface area contributed by atoms with Crippen molar-refractivity contribution in [3.05, 3.63) is 82.4 Å². The Morgan fingerprint density at radius 1 is 0.946 bits per heavy atom. The van der Waals surface area contributed by atoms with Crippen LogP contribution in [0.3, 0.4) is 0 Å². The van der Waals surface area contributed by atoms with Crippen LogP contribution in [0.1, 0.15) is 158 Å². The van der Waals surface area contributed by atoms with E-state index in [0.29, 0.717) is 79.4 Å². The predicted octanol–water partition coefficient (Wildman–Crippen LogP) is 10.9. The highest BCUT2D eigenvalue weighted by Gasteiger charge is 2.59. The van der Waals surface area contributed by atoms with E-state index in [1.807, 2.05) is 41.3 Å². The lowest BCUT2D eigenvalue weighted by Gasteiger charge is -2.60. The number of carbonyl (C=O) groups excluding carboxylic acids is 2. The van der Waals surface area contributed by atoms with Crippen LogP contribution in [0.4, 0.5) is 4.79 Å². The summed E-state index contributed by atoms with van der Waals surface area (Å²) in [6, 6.07) is 15.7. The number of ether oxygens (including phenoxy) is 1. The van der Waals surface area contributed by atoms with Crippen molar-refractivity contribution >= 4 is 11.9 Å². The maximum Gasteiger partial charge on any atom is 0.410 e. The summed E-state index contributed by atoms with van der Waals surface area (Å²) in [6.45, 7) is 16.9. The molecule has 0 heterocycles. The van der Waals surface area contributed by atoms with E-state index in [4.69, 9.17) is 4.74 Å². The van der Waals surface area contributed by atoms with Crippen LogP contribution in [-0.4, -0.2) is 57.9 Å². The molecule has 7 aliphatic rings. The summed E-state index contributed by atoms with van der Waals surface area (Å²) in [5.74, 6) is 2.89. The number of carbonyl (C=O) groups is 2. The number of aliphatic hydroxyl groups is 2. The Morgan fingerprint density at radius 2 is 1.71 bits per heavy atom. The van der Waals surface area contributed by atoms with Gasteiger partial charge in [0.1, 0.15) is 6.10 Å². The van der Waals surface area contributed by atoms with Crippen LogP contribution in [0.15, 0.2) is 60.2 Å². The van der Waals surface area contributed by atoms with Gasteiger partial charge in [0.15, 0.2) is 5.78 Å². The van der Waals surface area contributed by atoms with Gasteiger partial charge in [0.25, 0.3) is 0 Å². The summed E-state index contributed by atoms with van der Waals surface area (Å²) in [5, 5.41) is 24.4. The number of ketones is 1. The maximum atomic E-state index is 14.8. The van der Waals surface area contributed by atoms with Gasteiger partial charge in [0.05, 0.1) is 18.2 Å². The first-order chi connectivity index (χ1) is 26.6. The lowest BCUT2D eigenvalue weighted by Crippen LogP contribution is -2.58. The molecule has 1 amide bonds. The third-order valence-electron chi connectivity index (χ3n) is 16.3. The minimum absolute atomic E-state index is 0.0251. The van der Waals surface area contributed by atoms with E-state index >= 15 is 0 Å². The molecule has 6 nitrogen and oxygen atoms in total. The number of hydrogen-bond acceptors (Lipinski definition) is 5. The van der Waals surface area contributed by atoms with Crippen molar-refractivity contribution in [1.82, 2.24) is 4.90 Å². The molecule has 306 valence electrons. The number of fused-ring (bicyclic) bond motifs is 10. The highest BCUT2D eigenvalue weighted by atomic mass is 16.6. The van der Waals surface area contributed by atoms with Crippen LogP contribution in [0.5, 0.6) is 0 Å². The van der Waals surface area contributed by atoms with Crippen molar-refractivity contribution in [3.63, 3.8) is 0 Å². The van der Waals surface area contributed by atoms with E-state index in [9.17, 15) is 19.8 Å². The standard InChI is InChI=1S/C50H71NO5/c1-32(2)40-21-16-34(4)26-45(40)56-47(54)51(30-37-18-19-38-29-44(37)48(38,5)6)31-50(55)25-23-43-41-22-17-35(28-42(41)46(53)36-13-9-8-10-14-36)27-39(52)20-15-33(3)12-11-24-49(43,50)7/h8-10,12-14,17,22,28,32,34,37-40,43-45,52,55H,11,15-16,18-21,23-27,29-31H2,1-7H3/t34-,37-,38-,39-,40+,43-,44-,45-,49-,50+/m0/s1. The van der Waals surface area contributed by atoms with Gasteiger partial charge in [-0.1, -0.05) is 102 Å². The average molecular weight is 766 g/mol. The van der Waals surface area contributed by atoms with E-state index in [2.05, 4.69) is 66.7 Å². The molecule has 10 atom stereocenters. The first-order valence-corrected chi connectivity index (χ1v) is 22.3. The van der Waals surface area contributed by atoms with E-state index in [1.54, 1.807) is 0 Å². The fraction of sp³-hybridized carbons (Fsp3) is 0.680. The largest absolute Gasteiger partial charge is 0.446 e. The predicted molar refractivity (Wildman–Crippen MR) is 225 cm³/mol. The molecule has 0 unspecified atom stereocenters. The smallest absolute Gasteiger partial charge is 0.410 e. The van der Waals surface area contributed by atoms with Gasteiger partial charge in [0, 0.05) is 23.1 Å². The SMILES string of the molecule is CC1=CCC[C@@]2(C)[C@@H](CC[C@@]2(O)CN(C[C@@H]2CC[C@H]3C[C@@H]2C3(C)C)C(=O)O[C@H]2C[C@@H](C)CC[C@@H]2C(C)C)c2ccc(cc2C(=O)c2ccccc2)C[C@@H](O)CC1. The molecule has 0 radical (unpaired) electrons. The molecule has 2 aromatic rings. The molecule has 9 rings (SSSR count). The lowest BCUT2D eigenvalue weighted by molar-refractivity contribution is -0.122. The molecule has 5 fully saturated rings. The minimum Gasteiger partial charge on any atom is -0.446 e. The van der Waals surface area contributed by atoms with E-state index in [0.717, 1.165) is 49.1 Å². The Balaban J connectivity index is 1.26. The molecule has 0 aliphatic heterocycles. The average Bonchev–Trinajstić information content (AvgIpc) is 3.42. The van der Waals surface area contributed by atoms with Gasteiger partial charge in [0.2, 0.25) is 0 Å². The fourth-order valence-electron chi connectivity index (χ4n) is 12.4. The van der Waals surface area contributed by atoms with Gasteiger partial charge in [-0.2, -0.15) is 0 Å². The monoisotopic (exact) mass is 766 g/mol. The third kappa shape index (κ3) is 8.05. The van der Waals surface area contributed by atoms with Crippen molar-refractivity contribution < 1.29 is 24.5 Å². The topological polar surface area (TPSA) is 87.1 Å². The van der Waals surface area contributed by atoms with Crippen LogP contribution in [-0.2, 0) is 11.2 Å². The molecule has 7 aliphatic carbocycles. The van der Waals surface area contributed by atoms with Crippen LogP contribution in [0, 0.1) is 46.3 Å². The van der Waals surface area contributed by atoms with E-state index in [1.165, 1.54) is 24.8 Å². The van der Waals surface area contributed by atoms with Gasteiger partial charge >= 0.3 is 6.09 Å². The fourth-order valence-corrected chi connectivity index (χ4v) is 12.4. The molecule has 0 spiro atoms. The number of amides is 1. The molecule has 5 saturated carbocycles. The van der Waals surface area contributed by atoms with Crippen molar-refractivity contribution in [2.24, 2.45) is 46.3 Å². The van der Waals surface area contributed by atoms with Gasteiger partial charge in [-0.05, 0) is 148 Å². The van der Waals surface area contributed by atoms with E-state index in [-0.39, 0.29) is 35.9 Å². The van der Waals surface area contributed by atoms with E-state index < -0.39 is 17.1 Å². The second-order valence-corrected chi connectivity index (χ2v) is 20.5. The first-order valence-electron chi connectivity index (χ1n) is 22.3. The maximum absolute atomic E-state index is 14.8. The lowest BCUT2D eigenvalue weighted by atomic mass is 9.45. The highest BCUT2D eigenvalue weighted by Crippen LogP contribution is 2.62. The molecule has 0 aromatic heterocycles. The van der Waals surface area contributed by atoms with Gasteiger partial charge < -0.3 is 19.8 Å². The van der Waals surface area contributed by atoms with Crippen LogP contribution < -0.4 is 0 Å². The van der Waals surface area contributed by atoms with Crippen LogP contribution in [0.25, 0.3) is 0 Å². The number of rotatable bonds is 8.